The first kappa shape index (κ1) is 16.1. The minimum atomic E-state index is -0.550. The molecule has 2 amide bonds. The van der Waals surface area contributed by atoms with Gasteiger partial charge in [-0.05, 0) is 39.0 Å². The van der Waals surface area contributed by atoms with Crippen LogP contribution in [0.4, 0.5) is 15.8 Å². The van der Waals surface area contributed by atoms with Crippen molar-refractivity contribution in [3.05, 3.63) is 24.0 Å². The van der Waals surface area contributed by atoms with Crippen molar-refractivity contribution < 1.29 is 14.0 Å². The summed E-state index contributed by atoms with van der Waals surface area (Å²) in [4.78, 5) is 22.7. The number of amides is 2. The van der Waals surface area contributed by atoms with Crippen LogP contribution in [0.25, 0.3) is 0 Å². The summed E-state index contributed by atoms with van der Waals surface area (Å²) in [6.07, 6.45) is 0. The quantitative estimate of drug-likeness (QED) is 0.791. The second-order valence-corrected chi connectivity index (χ2v) is 5.53. The molecule has 0 fully saturated rings. The summed E-state index contributed by atoms with van der Waals surface area (Å²) in [5, 5.41) is 8.04. The summed E-state index contributed by atoms with van der Waals surface area (Å²) in [5.41, 5.74) is 0.302. The van der Waals surface area contributed by atoms with Crippen LogP contribution < -0.4 is 16.0 Å². The molecule has 0 atom stereocenters. The lowest BCUT2D eigenvalue weighted by atomic mass is 10.1. The first-order valence-corrected chi connectivity index (χ1v) is 6.29. The van der Waals surface area contributed by atoms with Gasteiger partial charge in [-0.1, -0.05) is 0 Å². The number of carbonyl (C=O) groups excluding carboxylic acids is 2. The SMILES string of the molecule is CC(=O)Nc1cc(NC(=O)CNC(C)(C)C)ccc1F. The fourth-order valence-corrected chi connectivity index (χ4v) is 1.44. The molecule has 0 heterocycles. The third kappa shape index (κ3) is 5.79. The van der Waals surface area contributed by atoms with Crippen LogP contribution in [0.1, 0.15) is 27.7 Å². The highest BCUT2D eigenvalue weighted by Crippen LogP contribution is 2.19. The molecule has 1 aromatic rings. The van der Waals surface area contributed by atoms with E-state index in [1.807, 2.05) is 20.8 Å². The molecular formula is C14H20FN3O2. The molecule has 0 spiro atoms. The number of nitrogens with one attached hydrogen (secondary N) is 3. The van der Waals surface area contributed by atoms with Gasteiger partial charge in [0.2, 0.25) is 11.8 Å². The summed E-state index contributed by atoms with van der Waals surface area (Å²) < 4.78 is 13.4. The second-order valence-electron chi connectivity index (χ2n) is 5.53. The van der Waals surface area contributed by atoms with Crippen LogP contribution in [0.2, 0.25) is 0 Å². The van der Waals surface area contributed by atoms with E-state index in [9.17, 15) is 14.0 Å². The van der Waals surface area contributed by atoms with Gasteiger partial charge in [-0.25, -0.2) is 4.39 Å². The molecule has 0 aliphatic heterocycles. The highest BCUT2D eigenvalue weighted by Gasteiger charge is 2.12. The van der Waals surface area contributed by atoms with Crippen LogP contribution in [-0.2, 0) is 9.59 Å². The average Bonchev–Trinajstić information content (AvgIpc) is 2.29. The summed E-state index contributed by atoms with van der Waals surface area (Å²) in [5.74, 6) is -1.16. The number of halogens is 1. The summed E-state index contributed by atoms with van der Waals surface area (Å²) in [6, 6.07) is 4.01. The minimum absolute atomic E-state index is 0.0408. The van der Waals surface area contributed by atoms with Crippen LogP contribution >= 0.6 is 0 Å². The van der Waals surface area contributed by atoms with Gasteiger partial charge in [-0.15, -0.1) is 0 Å². The lowest BCUT2D eigenvalue weighted by molar-refractivity contribution is -0.116. The molecule has 6 heteroatoms. The zero-order valence-electron chi connectivity index (χ0n) is 12.1. The Kier molecular flexibility index (Phi) is 5.21. The van der Waals surface area contributed by atoms with E-state index in [2.05, 4.69) is 16.0 Å². The fraction of sp³-hybridized carbons (Fsp3) is 0.429. The Morgan fingerprint density at radius 3 is 2.40 bits per heavy atom. The van der Waals surface area contributed by atoms with Crippen molar-refractivity contribution in [3.8, 4) is 0 Å². The predicted octanol–water partition coefficient (Wildman–Crippen LogP) is 2.11. The number of hydrogen-bond acceptors (Lipinski definition) is 3. The normalized spacial score (nSPS) is 11.1. The molecule has 0 aliphatic carbocycles. The van der Waals surface area contributed by atoms with Gasteiger partial charge >= 0.3 is 0 Å². The fourth-order valence-electron chi connectivity index (χ4n) is 1.44. The number of hydrogen-bond donors (Lipinski definition) is 3. The molecule has 0 aliphatic rings. The topological polar surface area (TPSA) is 70.2 Å². The molecule has 110 valence electrons. The third-order valence-electron chi connectivity index (χ3n) is 2.34. The van der Waals surface area contributed by atoms with Crippen molar-refractivity contribution in [2.75, 3.05) is 17.2 Å². The van der Waals surface area contributed by atoms with Gasteiger partial charge in [0, 0.05) is 18.2 Å². The van der Waals surface area contributed by atoms with E-state index in [-0.39, 0.29) is 29.6 Å². The summed E-state index contributed by atoms with van der Waals surface area (Å²) >= 11 is 0. The Morgan fingerprint density at radius 1 is 1.20 bits per heavy atom. The molecule has 1 rings (SSSR count). The van der Waals surface area contributed by atoms with Crippen molar-refractivity contribution in [3.63, 3.8) is 0 Å². The van der Waals surface area contributed by atoms with Crippen molar-refractivity contribution in [1.29, 1.82) is 0 Å². The molecule has 0 bridgehead atoms. The van der Waals surface area contributed by atoms with Crippen LogP contribution in [0.5, 0.6) is 0 Å². The Morgan fingerprint density at radius 2 is 1.85 bits per heavy atom. The van der Waals surface area contributed by atoms with E-state index >= 15 is 0 Å². The zero-order chi connectivity index (χ0) is 15.3. The predicted molar refractivity (Wildman–Crippen MR) is 77.1 cm³/mol. The Balaban J connectivity index is 2.68. The van der Waals surface area contributed by atoms with E-state index in [0.29, 0.717) is 5.69 Å². The average molecular weight is 281 g/mol. The van der Waals surface area contributed by atoms with E-state index in [0.717, 1.165) is 0 Å². The zero-order valence-corrected chi connectivity index (χ0v) is 12.1. The molecule has 5 nitrogen and oxygen atoms in total. The molecule has 0 aromatic heterocycles. The lowest BCUT2D eigenvalue weighted by Crippen LogP contribution is -2.41. The molecule has 0 saturated heterocycles. The van der Waals surface area contributed by atoms with Crippen LogP contribution in [0.3, 0.4) is 0 Å². The van der Waals surface area contributed by atoms with Gasteiger partial charge in [0.1, 0.15) is 5.82 Å². The monoisotopic (exact) mass is 281 g/mol. The molecule has 0 unspecified atom stereocenters. The third-order valence-corrected chi connectivity index (χ3v) is 2.34. The Labute approximate surface area is 117 Å². The first-order chi connectivity index (χ1) is 9.17. The summed E-state index contributed by atoms with van der Waals surface area (Å²) in [6.45, 7) is 7.29. The molecule has 3 N–H and O–H groups in total. The maximum atomic E-state index is 13.4. The number of benzene rings is 1. The minimum Gasteiger partial charge on any atom is -0.325 e. The van der Waals surface area contributed by atoms with Crippen molar-refractivity contribution >= 4 is 23.2 Å². The first-order valence-electron chi connectivity index (χ1n) is 6.29. The van der Waals surface area contributed by atoms with Gasteiger partial charge in [0.05, 0.1) is 12.2 Å². The van der Waals surface area contributed by atoms with E-state index < -0.39 is 5.82 Å². The van der Waals surface area contributed by atoms with E-state index in [1.54, 1.807) is 0 Å². The largest absolute Gasteiger partial charge is 0.325 e. The molecular weight excluding hydrogens is 261 g/mol. The van der Waals surface area contributed by atoms with Crippen molar-refractivity contribution in [2.45, 2.75) is 33.2 Å². The Hall–Kier alpha value is -1.95. The Bertz CT molecular complexity index is 510. The maximum absolute atomic E-state index is 13.4. The number of anilines is 2. The highest BCUT2D eigenvalue weighted by molar-refractivity contribution is 5.94. The molecule has 20 heavy (non-hydrogen) atoms. The number of rotatable bonds is 4. The molecule has 0 radical (unpaired) electrons. The second kappa shape index (κ2) is 6.47. The maximum Gasteiger partial charge on any atom is 0.238 e. The van der Waals surface area contributed by atoms with Gasteiger partial charge < -0.3 is 16.0 Å². The van der Waals surface area contributed by atoms with Crippen molar-refractivity contribution in [1.82, 2.24) is 5.32 Å². The van der Waals surface area contributed by atoms with Crippen LogP contribution in [0, 0.1) is 5.82 Å². The van der Waals surface area contributed by atoms with Crippen molar-refractivity contribution in [2.24, 2.45) is 0 Å². The van der Waals surface area contributed by atoms with Gasteiger partial charge in [0.25, 0.3) is 0 Å². The van der Waals surface area contributed by atoms with E-state index in [1.165, 1.54) is 25.1 Å². The van der Waals surface area contributed by atoms with Gasteiger partial charge in [0.15, 0.2) is 0 Å². The van der Waals surface area contributed by atoms with Crippen LogP contribution in [0.15, 0.2) is 18.2 Å². The van der Waals surface area contributed by atoms with Crippen LogP contribution in [-0.4, -0.2) is 23.9 Å². The smallest absolute Gasteiger partial charge is 0.238 e. The lowest BCUT2D eigenvalue weighted by Gasteiger charge is -2.20. The van der Waals surface area contributed by atoms with E-state index in [4.69, 9.17) is 0 Å². The van der Waals surface area contributed by atoms with Gasteiger partial charge in [-0.2, -0.15) is 0 Å². The molecule has 1 aromatic carbocycles. The summed E-state index contributed by atoms with van der Waals surface area (Å²) in [7, 11) is 0. The highest BCUT2D eigenvalue weighted by atomic mass is 19.1. The standard InChI is InChI=1S/C14H20FN3O2/c1-9(19)17-12-7-10(5-6-11(12)15)18-13(20)8-16-14(2,3)4/h5-7,16H,8H2,1-4H3,(H,17,19)(H,18,20). The molecule has 0 saturated carbocycles. The number of carbonyl (C=O) groups is 2. The van der Waals surface area contributed by atoms with Gasteiger partial charge in [-0.3, -0.25) is 9.59 Å².